The number of fused-ring (bicyclic) bond motifs is 4. The summed E-state index contributed by atoms with van der Waals surface area (Å²) in [7, 11) is -1.34. The van der Waals surface area contributed by atoms with Gasteiger partial charge in [-0.25, -0.2) is 0 Å². The number of benzene rings is 5. The molecular formula is C54H54IrN4SSi-2. The van der Waals surface area contributed by atoms with Crippen molar-refractivity contribution in [2.75, 3.05) is 0 Å². The Kier molecular flexibility index (Phi) is 13.4. The third-order valence-electron chi connectivity index (χ3n) is 11.2. The van der Waals surface area contributed by atoms with E-state index >= 15 is 0 Å². The molecule has 5 aromatic carbocycles. The number of imidazole rings is 1. The maximum absolute atomic E-state index is 5.21. The molecule has 61 heavy (non-hydrogen) atoms. The smallest absolute Gasteiger partial charge is 0.0822 e. The maximum Gasteiger partial charge on any atom is 0.0822 e. The summed E-state index contributed by atoms with van der Waals surface area (Å²) in [5.74, 6) is 2.19. The van der Waals surface area contributed by atoms with Gasteiger partial charge in [0.15, 0.2) is 0 Å². The van der Waals surface area contributed by atoms with Gasteiger partial charge >= 0.3 is 0 Å². The van der Waals surface area contributed by atoms with Crippen LogP contribution in [0.3, 0.4) is 0 Å². The van der Waals surface area contributed by atoms with Crippen LogP contribution in [0.4, 0.5) is 0 Å². The molecule has 9 aromatic rings. The summed E-state index contributed by atoms with van der Waals surface area (Å²) in [4.78, 5) is 14.4. The van der Waals surface area contributed by atoms with Crippen LogP contribution >= 0.6 is 11.3 Å². The SMILES string of the molecule is CC(C)Cc1cc(-c2[c-]cccc2)ncc1[Si](C)(C)C.CC(C)c1cc(-c2ccccc2)cc(C(C)C)c1-n1c(-c2[c-]cc3sc4ccccc4c3c2)nc2ccncc21.[Ir]. The topological polar surface area (TPSA) is 43.6 Å². The van der Waals surface area contributed by atoms with E-state index in [1.54, 1.807) is 0 Å². The van der Waals surface area contributed by atoms with Crippen molar-refractivity contribution in [3.8, 4) is 39.5 Å². The van der Waals surface area contributed by atoms with E-state index < -0.39 is 8.07 Å². The molecule has 0 aliphatic heterocycles. The Labute approximate surface area is 380 Å². The number of hydrogen-bond acceptors (Lipinski definition) is 4. The number of nitrogens with zero attached hydrogens (tertiary/aromatic N) is 4. The molecule has 0 aliphatic rings. The second-order valence-corrected chi connectivity index (χ2v) is 24.0. The molecule has 0 amide bonds. The molecule has 0 aliphatic carbocycles. The van der Waals surface area contributed by atoms with Crippen molar-refractivity contribution in [3.63, 3.8) is 0 Å². The van der Waals surface area contributed by atoms with Gasteiger partial charge < -0.3 is 9.55 Å². The Hall–Kier alpha value is -5.04. The molecule has 7 heteroatoms. The zero-order valence-corrected chi connectivity index (χ0v) is 40.9. The minimum Gasteiger partial charge on any atom is -0.331 e. The van der Waals surface area contributed by atoms with Crippen molar-refractivity contribution in [1.29, 1.82) is 0 Å². The first-order valence-corrected chi connectivity index (χ1v) is 25.5. The van der Waals surface area contributed by atoms with E-state index in [4.69, 9.17) is 4.98 Å². The molecule has 0 fully saturated rings. The van der Waals surface area contributed by atoms with Gasteiger partial charge in [0, 0.05) is 42.9 Å². The Morgan fingerprint density at radius 3 is 2.07 bits per heavy atom. The molecule has 0 spiro atoms. The van der Waals surface area contributed by atoms with Crippen LogP contribution in [0.1, 0.15) is 70.1 Å². The van der Waals surface area contributed by atoms with Crippen molar-refractivity contribution in [3.05, 3.63) is 163 Å². The predicted octanol–water partition coefficient (Wildman–Crippen LogP) is 14.5. The van der Waals surface area contributed by atoms with Gasteiger partial charge in [-0.05, 0) is 91.7 Å². The van der Waals surface area contributed by atoms with Gasteiger partial charge in [0.05, 0.1) is 31.1 Å². The first-order valence-electron chi connectivity index (χ1n) is 21.2. The van der Waals surface area contributed by atoms with E-state index in [1.807, 2.05) is 48.0 Å². The molecule has 0 N–H and O–H groups in total. The van der Waals surface area contributed by atoms with Gasteiger partial charge in [0.1, 0.15) is 0 Å². The Morgan fingerprint density at radius 1 is 0.689 bits per heavy atom. The normalized spacial score (nSPS) is 11.7. The molecule has 4 aromatic heterocycles. The van der Waals surface area contributed by atoms with Gasteiger partial charge in [0.25, 0.3) is 0 Å². The first kappa shape index (κ1) is 44.0. The summed E-state index contributed by atoms with van der Waals surface area (Å²) in [5.41, 5.74) is 12.8. The minimum absolute atomic E-state index is 0. The second-order valence-electron chi connectivity index (χ2n) is 17.9. The summed E-state index contributed by atoms with van der Waals surface area (Å²) in [6.45, 7) is 20.9. The number of thiophene rings is 1. The summed E-state index contributed by atoms with van der Waals surface area (Å²) < 4.78 is 4.88. The molecule has 0 bridgehead atoms. The average molecular weight is 1010 g/mol. The number of rotatable bonds is 9. The molecule has 0 unspecified atom stereocenters. The molecule has 311 valence electrons. The fraction of sp³-hybridized carbons (Fsp3) is 0.241. The summed E-state index contributed by atoms with van der Waals surface area (Å²) in [6.07, 6.45) is 7.01. The standard InChI is InChI=1S/C36H30N3S.C18H24NSi.Ir/c1-22(2)28-19-26(24-10-6-5-7-11-24)20-29(23(3)4)35(28)39-32-21-37-17-16-31(32)38-36(39)25-14-15-34-30(18-25)27-12-8-9-13-33(27)40-34;1-14(2)11-16-12-17(15-9-7-6-8-10-15)19-13-18(16)20(3,4)5;/h5-13,15-23H,1-4H3;6-9,12-14H,11H2,1-5H3;/q2*-1;. The van der Waals surface area contributed by atoms with E-state index in [0.29, 0.717) is 17.8 Å². The van der Waals surface area contributed by atoms with Crippen molar-refractivity contribution in [2.24, 2.45) is 5.92 Å². The number of aromatic nitrogens is 4. The molecule has 4 nitrogen and oxygen atoms in total. The molecule has 1 radical (unpaired) electrons. The van der Waals surface area contributed by atoms with Gasteiger partial charge in [-0.1, -0.05) is 127 Å². The largest absolute Gasteiger partial charge is 0.331 e. The zero-order valence-electron chi connectivity index (χ0n) is 36.7. The molecular weight excluding hydrogens is 957 g/mol. The van der Waals surface area contributed by atoms with Crippen LogP contribution in [-0.4, -0.2) is 27.6 Å². The van der Waals surface area contributed by atoms with E-state index in [2.05, 4.69) is 185 Å². The molecule has 0 saturated carbocycles. The zero-order chi connectivity index (χ0) is 42.1. The van der Waals surface area contributed by atoms with Gasteiger partial charge in [0.2, 0.25) is 0 Å². The van der Waals surface area contributed by atoms with E-state index in [9.17, 15) is 0 Å². The molecule has 9 rings (SSSR count). The fourth-order valence-corrected chi connectivity index (χ4v) is 10.9. The van der Waals surface area contributed by atoms with Crippen LogP contribution in [0.5, 0.6) is 0 Å². The van der Waals surface area contributed by atoms with Crippen molar-refractivity contribution < 1.29 is 20.1 Å². The van der Waals surface area contributed by atoms with Crippen LogP contribution < -0.4 is 5.19 Å². The molecule has 4 heterocycles. The van der Waals surface area contributed by atoms with Crippen LogP contribution in [0.2, 0.25) is 19.6 Å². The third-order valence-corrected chi connectivity index (χ3v) is 14.4. The Balaban J connectivity index is 0.000000226. The van der Waals surface area contributed by atoms with E-state index in [1.165, 1.54) is 58.9 Å². The van der Waals surface area contributed by atoms with E-state index in [0.717, 1.165) is 40.1 Å². The van der Waals surface area contributed by atoms with Gasteiger partial charge in [-0.15, -0.1) is 59.7 Å². The van der Waals surface area contributed by atoms with Crippen LogP contribution in [0.15, 0.2) is 134 Å². The maximum atomic E-state index is 5.21. The number of pyridine rings is 2. The minimum atomic E-state index is -1.34. The van der Waals surface area contributed by atoms with Gasteiger partial charge in [-0.3, -0.25) is 9.97 Å². The predicted molar refractivity (Wildman–Crippen MR) is 260 cm³/mol. The average Bonchev–Trinajstić information content (AvgIpc) is 3.82. The monoisotopic (exact) mass is 1010 g/mol. The molecule has 0 saturated heterocycles. The number of hydrogen-bond donors (Lipinski definition) is 0. The molecule has 0 atom stereocenters. The summed E-state index contributed by atoms with van der Waals surface area (Å²) in [5, 5.41) is 4.02. The van der Waals surface area contributed by atoms with Crippen molar-refractivity contribution >= 4 is 55.8 Å². The van der Waals surface area contributed by atoms with Crippen molar-refractivity contribution in [2.45, 2.75) is 79.4 Å². The van der Waals surface area contributed by atoms with Crippen LogP contribution in [-0.2, 0) is 26.5 Å². The Bertz CT molecular complexity index is 2900. The van der Waals surface area contributed by atoms with Gasteiger partial charge in [-0.2, -0.15) is 11.3 Å². The van der Waals surface area contributed by atoms with Crippen LogP contribution in [0, 0.1) is 18.1 Å². The quantitative estimate of drug-likeness (QED) is 0.107. The van der Waals surface area contributed by atoms with Crippen molar-refractivity contribution in [1.82, 2.24) is 19.5 Å². The van der Waals surface area contributed by atoms with E-state index in [-0.39, 0.29) is 20.1 Å². The Morgan fingerprint density at radius 2 is 1.39 bits per heavy atom. The first-order chi connectivity index (χ1) is 28.9. The summed E-state index contributed by atoms with van der Waals surface area (Å²) >= 11 is 1.81. The second kappa shape index (κ2) is 18.5. The third kappa shape index (κ3) is 9.27. The van der Waals surface area contributed by atoms with Crippen LogP contribution in [0.25, 0.3) is 70.7 Å². The summed E-state index contributed by atoms with van der Waals surface area (Å²) in [6, 6.07) is 47.7. The fourth-order valence-electron chi connectivity index (χ4n) is 8.23.